The number of nitrogens with zero attached hydrogens (tertiary/aromatic N) is 2. The molecule has 1 heterocycles. The van der Waals surface area contributed by atoms with E-state index in [0.29, 0.717) is 22.9 Å². The van der Waals surface area contributed by atoms with Gasteiger partial charge in [-0.3, -0.25) is 9.78 Å². The first-order chi connectivity index (χ1) is 12.0. The van der Waals surface area contributed by atoms with Crippen molar-refractivity contribution in [3.63, 3.8) is 0 Å². The van der Waals surface area contributed by atoms with Crippen molar-refractivity contribution in [2.24, 2.45) is 0 Å². The Labute approximate surface area is 148 Å². The predicted octanol–water partition coefficient (Wildman–Crippen LogP) is 4.64. The number of hydrogen-bond acceptors (Lipinski definition) is 4. The summed E-state index contributed by atoms with van der Waals surface area (Å²) in [6.07, 6.45) is 3.20. The molecule has 0 radical (unpaired) electrons. The van der Waals surface area contributed by atoms with E-state index in [4.69, 9.17) is 11.6 Å². The Hall–Kier alpha value is -2.99. The van der Waals surface area contributed by atoms with Crippen molar-refractivity contribution in [1.29, 1.82) is 0 Å². The fourth-order valence-electron chi connectivity index (χ4n) is 2.21. The third-order valence-electron chi connectivity index (χ3n) is 3.33. The number of anilines is 3. The van der Waals surface area contributed by atoms with Gasteiger partial charge in [0.1, 0.15) is 11.6 Å². The largest absolute Gasteiger partial charge is 0.339 e. The topological polar surface area (TPSA) is 66.9 Å². The van der Waals surface area contributed by atoms with Crippen molar-refractivity contribution < 1.29 is 9.18 Å². The number of carbonyl (C=O) groups excluding carboxylic acids is 1. The summed E-state index contributed by atoms with van der Waals surface area (Å²) < 4.78 is 13.2. The SMILES string of the molecule is CC(=O)Nc1ccc(-c2cncc(Nc3ccc(F)c(Cl)c3)n2)cc1. The quantitative estimate of drug-likeness (QED) is 0.714. The average Bonchev–Trinajstić information content (AvgIpc) is 2.59. The van der Waals surface area contributed by atoms with Crippen molar-refractivity contribution in [2.75, 3.05) is 10.6 Å². The van der Waals surface area contributed by atoms with Gasteiger partial charge < -0.3 is 10.6 Å². The number of benzene rings is 2. The standard InChI is InChI=1S/C18H14ClFN4O/c1-11(25)22-13-4-2-12(3-5-13)17-9-21-10-18(24-17)23-14-6-7-16(20)15(19)8-14/h2-10H,1H3,(H,22,25)(H,23,24). The average molecular weight is 357 g/mol. The predicted molar refractivity (Wildman–Crippen MR) is 96.5 cm³/mol. The molecule has 0 fully saturated rings. The zero-order valence-electron chi connectivity index (χ0n) is 13.3. The van der Waals surface area contributed by atoms with Crippen molar-refractivity contribution in [2.45, 2.75) is 6.92 Å². The summed E-state index contributed by atoms with van der Waals surface area (Å²) in [5.41, 5.74) is 2.83. The Balaban J connectivity index is 1.81. The molecule has 0 atom stereocenters. The molecule has 0 unspecified atom stereocenters. The highest BCUT2D eigenvalue weighted by Gasteiger charge is 2.05. The summed E-state index contributed by atoms with van der Waals surface area (Å²) in [6, 6.07) is 11.6. The fourth-order valence-corrected chi connectivity index (χ4v) is 2.40. The number of amides is 1. The molecule has 2 N–H and O–H groups in total. The molecule has 25 heavy (non-hydrogen) atoms. The number of halogens is 2. The van der Waals surface area contributed by atoms with Crippen LogP contribution in [0.4, 0.5) is 21.6 Å². The van der Waals surface area contributed by atoms with Crippen LogP contribution in [0, 0.1) is 5.82 Å². The number of hydrogen-bond donors (Lipinski definition) is 2. The first kappa shape index (κ1) is 16.9. The van der Waals surface area contributed by atoms with Gasteiger partial charge in [-0.25, -0.2) is 9.37 Å². The minimum Gasteiger partial charge on any atom is -0.339 e. The lowest BCUT2D eigenvalue weighted by atomic mass is 10.1. The lowest BCUT2D eigenvalue weighted by molar-refractivity contribution is -0.114. The normalized spacial score (nSPS) is 10.4. The monoisotopic (exact) mass is 356 g/mol. The molecule has 0 spiro atoms. The fraction of sp³-hybridized carbons (Fsp3) is 0.0556. The van der Waals surface area contributed by atoms with Crippen LogP contribution in [-0.4, -0.2) is 15.9 Å². The summed E-state index contributed by atoms with van der Waals surface area (Å²) in [7, 11) is 0. The molecule has 7 heteroatoms. The smallest absolute Gasteiger partial charge is 0.221 e. The van der Waals surface area contributed by atoms with Crippen LogP contribution in [0.2, 0.25) is 5.02 Å². The van der Waals surface area contributed by atoms with Crippen molar-refractivity contribution >= 4 is 34.7 Å². The first-order valence-corrected chi connectivity index (χ1v) is 7.81. The maximum absolute atomic E-state index is 13.2. The molecule has 0 aliphatic carbocycles. The number of carbonyl (C=O) groups is 1. The zero-order chi connectivity index (χ0) is 17.8. The van der Waals surface area contributed by atoms with E-state index in [-0.39, 0.29) is 10.9 Å². The minimum absolute atomic E-state index is 0.0303. The third-order valence-corrected chi connectivity index (χ3v) is 3.62. The van der Waals surface area contributed by atoms with Crippen LogP contribution in [0.15, 0.2) is 54.9 Å². The molecule has 126 valence electrons. The van der Waals surface area contributed by atoms with Crippen molar-refractivity contribution in [3.8, 4) is 11.3 Å². The minimum atomic E-state index is -0.480. The summed E-state index contributed by atoms with van der Waals surface area (Å²) in [5, 5.41) is 5.78. The number of rotatable bonds is 4. The van der Waals surface area contributed by atoms with E-state index in [2.05, 4.69) is 20.6 Å². The van der Waals surface area contributed by atoms with Gasteiger partial charge in [-0.15, -0.1) is 0 Å². The summed E-state index contributed by atoms with van der Waals surface area (Å²) in [5.74, 6) is -0.103. The Morgan fingerprint density at radius 3 is 2.48 bits per heavy atom. The lowest BCUT2D eigenvalue weighted by Crippen LogP contribution is -2.05. The van der Waals surface area contributed by atoms with E-state index in [1.165, 1.54) is 19.1 Å². The highest BCUT2D eigenvalue weighted by molar-refractivity contribution is 6.31. The Morgan fingerprint density at radius 2 is 1.80 bits per heavy atom. The molecule has 0 bridgehead atoms. The molecule has 0 aliphatic rings. The van der Waals surface area contributed by atoms with Gasteiger partial charge >= 0.3 is 0 Å². The van der Waals surface area contributed by atoms with Gasteiger partial charge in [0.15, 0.2) is 0 Å². The molecule has 0 aliphatic heterocycles. The molecule has 0 saturated heterocycles. The number of aromatic nitrogens is 2. The van der Waals surface area contributed by atoms with E-state index in [1.807, 2.05) is 12.1 Å². The van der Waals surface area contributed by atoms with Gasteiger partial charge in [0.25, 0.3) is 0 Å². The van der Waals surface area contributed by atoms with Gasteiger partial charge in [-0.05, 0) is 30.3 Å². The van der Waals surface area contributed by atoms with Gasteiger partial charge in [-0.2, -0.15) is 0 Å². The number of nitrogens with one attached hydrogen (secondary N) is 2. The second-order valence-electron chi connectivity index (χ2n) is 5.30. The van der Waals surface area contributed by atoms with Crippen molar-refractivity contribution in [1.82, 2.24) is 9.97 Å². The van der Waals surface area contributed by atoms with Crippen LogP contribution >= 0.6 is 11.6 Å². The van der Waals surface area contributed by atoms with E-state index in [0.717, 1.165) is 5.56 Å². The van der Waals surface area contributed by atoms with Crippen LogP contribution in [-0.2, 0) is 4.79 Å². The highest BCUT2D eigenvalue weighted by Crippen LogP contribution is 2.24. The Kier molecular flexibility index (Phi) is 4.90. The maximum Gasteiger partial charge on any atom is 0.221 e. The lowest BCUT2D eigenvalue weighted by Gasteiger charge is -2.08. The van der Waals surface area contributed by atoms with Gasteiger partial charge in [0, 0.05) is 23.9 Å². The van der Waals surface area contributed by atoms with E-state index < -0.39 is 5.82 Å². The van der Waals surface area contributed by atoms with Crippen LogP contribution in [0.5, 0.6) is 0 Å². The van der Waals surface area contributed by atoms with Gasteiger partial charge in [0.05, 0.1) is 23.1 Å². The molecule has 3 rings (SSSR count). The Bertz CT molecular complexity index is 915. The summed E-state index contributed by atoms with van der Waals surface area (Å²) in [6.45, 7) is 1.45. The van der Waals surface area contributed by atoms with Gasteiger partial charge in [-0.1, -0.05) is 23.7 Å². The van der Waals surface area contributed by atoms with E-state index in [9.17, 15) is 9.18 Å². The molecule has 2 aromatic carbocycles. The molecule has 3 aromatic rings. The molecule has 5 nitrogen and oxygen atoms in total. The maximum atomic E-state index is 13.2. The third kappa shape index (κ3) is 4.30. The first-order valence-electron chi connectivity index (χ1n) is 7.43. The second-order valence-corrected chi connectivity index (χ2v) is 5.71. The van der Waals surface area contributed by atoms with Gasteiger partial charge in [0.2, 0.25) is 5.91 Å². The molecular weight excluding hydrogens is 343 g/mol. The zero-order valence-corrected chi connectivity index (χ0v) is 14.0. The summed E-state index contributed by atoms with van der Waals surface area (Å²) >= 11 is 5.78. The van der Waals surface area contributed by atoms with Crippen LogP contribution in [0.3, 0.4) is 0 Å². The van der Waals surface area contributed by atoms with Crippen LogP contribution in [0.25, 0.3) is 11.3 Å². The molecule has 1 amide bonds. The van der Waals surface area contributed by atoms with E-state index in [1.54, 1.807) is 30.6 Å². The van der Waals surface area contributed by atoms with Crippen molar-refractivity contribution in [3.05, 3.63) is 65.7 Å². The Morgan fingerprint density at radius 1 is 1.08 bits per heavy atom. The molecule has 0 saturated carbocycles. The van der Waals surface area contributed by atoms with Crippen LogP contribution in [0.1, 0.15) is 6.92 Å². The summed E-state index contributed by atoms with van der Waals surface area (Å²) in [4.78, 5) is 19.7. The highest BCUT2D eigenvalue weighted by atomic mass is 35.5. The van der Waals surface area contributed by atoms with E-state index >= 15 is 0 Å². The molecule has 1 aromatic heterocycles. The second kappa shape index (κ2) is 7.27. The molecular formula is C18H14ClFN4O. The van der Waals surface area contributed by atoms with Crippen LogP contribution < -0.4 is 10.6 Å².